The molecular formula is C19H28N4O2. The Bertz CT molecular complexity index is 668. The van der Waals surface area contributed by atoms with Gasteiger partial charge in [-0.15, -0.1) is 0 Å². The van der Waals surface area contributed by atoms with Gasteiger partial charge >= 0.3 is 6.03 Å². The molecule has 0 saturated heterocycles. The molecule has 3 N–H and O–H groups in total. The number of aromatic nitrogens is 2. The van der Waals surface area contributed by atoms with Gasteiger partial charge in [0, 0.05) is 25.5 Å². The normalized spacial score (nSPS) is 14.6. The number of benzene rings is 1. The van der Waals surface area contributed by atoms with Crippen LogP contribution in [0.1, 0.15) is 38.3 Å². The second kappa shape index (κ2) is 8.67. The molecule has 25 heavy (non-hydrogen) atoms. The largest absolute Gasteiger partial charge is 0.388 e. The molecule has 0 aliphatic carbocycles. The minimum Gasteiger partial charge on any atom is -0.388 e. The minimum absolute atomic E-state index is 0.114. The summed E-state index contributed by atoms with van der Waals surface area (Å²) >= 11 is 0. The van der Waals surface area contributed by atoms with Gasteiger partial charge in [-0.05, 0) is 30.0 Å². The summed E-state index contributed by atoms with van der Waals surface area (Å²) in [5.74, 6) is 0.114. The first-order valence-electron chi connectivity index (χ1n) is 8.70. The SMILES string of the molecule is CCC(C)C(C)(O)CNC(=O)NCc1ccccc1Cn1cccn1. The number of carbonyl (C=O) groups excluding carboxylic acids is 1. The van der Waals surface area contributed by atoms with E-state index in [9.17, 15) is 9.90 Å². The third-order valence-corrected chi connectivity index (χ3v) is 4.73. The summed E-state index contributed by atoms with van der Waals surface area (Å²) in [5.41, 5.74) is 1.24. The Morgan fingerprint density at radius 3 is 2.64 bits per heavy atom. The van der Waals surface area contributed by atoms with Gasteiger partial charge in [-0.25, -0.2) is 4.79 Å². The maximum absolute atomic E-state index is 12.1. The zero-order valence-corrected chi connectivity index (χ0v) is 15.2. The number of carbonyl (C=O) groups is 1. The van der Waals surface area contributed by atoms with E-state index in [-0.39, 0.29) is 18.5 Å². The lowest BCUT2D eigenvalue weighted by molar-refractivity contribution is 0.00790. The highest BCUT2D eigenvalue weighted by Gasteiger charge is 2.27. The number of amides is 2. The van der Waals surface area contributed by atoms with E-state index in [0.717, 1.165) is 17.5 Å². The van der Waals surface area contributed by atoms with Gasteiger partial charge in [-0.1, -0.05) is 44.5 Å². The molecule has 0 radical (unpaired) electrons. The van der Waals surface area contributed by atoms with E-state index in [4.69, 9.17) is 0 Å². The smallest absolute Gasteiger partial charge is 0.315 e. The third-order valence-electron chi connectivity index (χ3n) is 4.73. The lowest BCUT2D eigenvalue weighted by atomic mass is 9.89. The van der Waals surface area contributed by atoms with Crippen molar-refractivity contribution in [2.45, 2.75) is 45.9 Å². The fourth-order valence-electron chi connectivity index (χ4n) is 2.56. The van der Waals surface area contributed by atoms with Gasteiger partial charge in [0.05, 0.1) is 12.1 Å². The lowest BCUT2D eigenvalue weighted by Crippen LogP contribution is -2.47. The molecule has 1 aromatic heterocycles. The quantitative estimate of drug-likeness (QED) is 0.688. The van der Waals surface area contributed by atoms with Crippen molar-refractivity contribution >= 4 is 6.03 Å². The molecule has 6 nitrogen and oxygen atoms in total. The molecule has 6 heteroatoms. The van der Waals surface area contributed by atoms with E-state index < -0.39 is 5.60 Å². The summed E-state index contributed by atoms with van der Waals surface area (Å²) in [7, 11) is 0. The van der Waals surface area contributed by atoms with Crippen molar-refractivity contribution in [3.8, 4) is 0 Å². The van der Waals surface area contributed by atoms with Crippen LogP contribution >= 0.6 is 0 Å². The van der Waals surface area contributed by atoms with Gasteiger partial charge in [0.25, 0.3) is 0 Å². The third kappa shape index (κ3) is 5.60. The molecule has 1 heterocycles. The molecule has 0 fully saturated rings. The first kappa shape index (κ1) is 19.0. The molecule has 0 aliphatic rings. The van der Waals surface area contributed by atoms with E-state index in [1.807, 2.05) is 55.1 Å². The van der Waals surface area contributed by atoms with Crippen LogP contribution in [-0.2, 0) is 13.1 Å². The molecule has 0 saturated carbocycles. The number of urea groups is 1. The van der Waals surface area contributed by atoms with Crippen LogP contribution in [0, 0.1) is 5.92 Å². The van der Waals surface area contributed by atoms with Crippen molar-refractivity contribution in [2.75, 3.05) is 6.54 Å². The second-order valence-electron chi connectivity index (χ2n) is 6.68. The summed E-state index contributed by atoms with van der Waals surface area (Å²) in [6, 6.07) is 9.56. The molecule has 1 aromatic carbocycles. The second-order valence-corrected chi connectivity index (χ2v) is 6.68. The number of hydrogen-bond acceptors (Lipinski definition) is 3. The molecule has 0 spiro atoms. The van der Waals surface area contributed by atoms with Crippen molar-refractivity contribution in [1.29, 1.82) is 0 Å². The first-order chi connectivity index (χ1) is 11.9. The molecule has 2 rings (SSSR count). The van der Waals surface area contributed by atoms with Crippen LogP contribution < -0.4 is 10.6 Å². The minimum atomic E-state index is -0.913. The topological polar surface area (TPSA) is 79.2 Å². The van der Waals surface area contributed by atoms with E-state index in [2.05, 4.69) is 15.7 Å². The summed E-state index contributed by atoms with van der Waals surface area (Å²) < 4.78 is 1.85. The Morgan fingerprint density at radius 1 is 1.28 bits per heavy atom. The molecule has 136 valence electrons. The van der Waals surface area contributed by atoms with Gasteiger partial charge in [0.15, 0.2) is 0 Å². The van der Waals surface area contributed by atoms with Crippen molar-refractivity contribution in [2.24, 2.45) is 5.92 Å². The number of hydrogen-bond donors (Lipinski definition) is 3. The van der Waals surface area contributed by atoms with Crippen LogP contribution in [0.25, 0.3) is 0 Å². The fourth-order valence-corrected chi connectivity index (χ4v) is 2.56. The highest BCUT2D eigenvalue weighted by atomic mass is 16.3. The summed E-state index contributed by atoms with van der Waals surface area (Å²) in [6.07, 6.45) is 4.52. The fraction of sp³-hybridized carbons (Fsp3) is 0.474. The van der Waals surface area contributed by atoms with E-state index in [1.54, 1.807) is 13.1 Å². The Morgan fingerprint density at radius 2 is 2.00 bits per heavy atom. The highest BCUT2D eigenvalue weighted by molar-refractivity contribution is 5.73. The highest BCUT2D eigenvalue weighted by Crippen LogP contribution is 2.18. The van der Waals surface area contributed by atoms with E-state index >= 15 is 0 Å². The Labute approximate surface area is 149 Å². The van der Waals surface area contributed by atoms with Crippen LogP contribution in [0.15, 0.2) is 42.7 Å². The van der Waals surface area contributed by atoms with Crippen LogP contribution in [0.3, 0.4) is 0 Å². The van der Waals surface area contributed by atoms with E-state index in [0.29, 0.717) is 13.1 Å². The van der Waals surface area contributed by atoms with Crippen molar-refractivity contribution in [1.82, 2.24) is 20.4 Å². The number of nitrogens with one attached hydrogen (secondary N) is 2. The predicted octanol–water partition coefficient (Wildman–Crippen LogP) is 2.53. The maximum Gasteiger partial charge on any atom is 0.315 e. The molecular weight excluding hydrogens is 316 g/mol. The molecule has 0 aliphatic heterocycles. The zero-order valence-electron chi connectivity index (χ0n) is 15.2. The molecule has 2 aromatic rings. The molecule has 2 unspecified atom stereocenters. The number of rotatable bonds is 8. The van der Waals surface area contributed by atoms with E-state index in [1.165, 1.54) is 0 Å². The van der Waals surface area contributed by atoms with Gasteiger partial charge < -0.3 is 15.7 Å². The van der Waals surface area contributed by atoms with Crippen molar-refractivity contribution in [3.63, 3.8) is 0 Å². The first-order valence-corrected chi connectivity index (χ1v) is 8.70. The summed E-state index contributed by atoms with van der Waals surface area (Å²) in [5, 5.41) is 20.2. The Kier molecular flexibility index (Phi) is 6.58. The molecule has 0 bridgehead atoms. The van der Waals surface area contributed by atoms with Crippen LogP contribution in [0.2, 0.25) is 0 Å². The number of nitrogens with zero attached hydrogens (tertiary/aromatic N) is 2. The zero-order chi connectivity index (χ0) is 18.3. The van der Waals surface area contributed by atoms with Crippen molar-refractivity contribution in [3.05, 3.63) is 53.9 Å². The summed E-state index contributed by atoms with van der Waals surface area (Å²) in [4.78, 5) is 12.1. The molecule has 2 amide bonds. The van der Waals surface area contributed by atoms with Crippen molar-refractivity contribution < 1.29 is 9.90 Å². The average Bonchev–Trinajstić information content (AvgIpc) is 3.11. The van der Waals surface area contributed by atoms with Gasteiger partial charge in [0.1, 0.15) is 0 Å². The predicted molar refractivity (Wildman–Crippen MR) is 98.1 cm³/mol. The van der Waals surface area contributed by atoms with Gasteiger partial charge in [0.2, 0.25) is 0 Å². The number of aliphatic hydroxyl groups is 1. The van der Waals surface area contributed by atoms with Crippen LogP contribution in [0.5, 0.6) is 0 Å². The lowest BCUT2D eigenvalue weighted by Gasteiger charge is -2.29. The van der Waals surface area contributed by atoms with Crippen LogP contribution in [-0.4, -0.2) is 33.1 Å². The maximum atomic E-state index is 12.1. The average molecular weight is 344 g/mol. The van der Waals surface area contributed by atoms with Gasteiger partial charge in [-0.3, -0.25) is 4.68 Å². The Balaban J connectivity index is 1.88. The monoisotopic (exact) mass is 344 g/mol. The standard InChI is InChI=1S/C19H28N4O2/c1-4-15(2)19(3,25)14-21-18(24)20-12-16-8-5-6-9-17(16)13-23-11-7-10-22-23/h5-11,15,25H,4,12-14H2,1-3H3,(H2,20,21,24). The van der Waals surface area contributed by atoms with Gasteiger partial charge in [-0.2, -0.15) is 5.10 Å². The van der Waals surface area contributed by atoms with Crippen LogP contribution in [0.4, 0.5) is 4.79 Å². The Hall–Kier alpha value is -2.34. The molecule has 2 atom stereocenters. The summed E-state index contributed by atoms with van der Waals surface area (Å²) in [6.45, 7) is 7.06.